The Labute approximate surface area is 163 Å². The van der Waals surface area contributed by atoms with Crippen molar-refractivity contribution in [3.8, 4) is 0 Å². The third-order valence-electron chi connectivity index (χ3n) is 4.87. The first-order chi connectivity index (χ1) is 13.0. The van der Waals surface area contributed by atoms with E-state index in [4.69, 9.17) is 16.7 Å². The molecule has 0 bridgehead atoms. The standard InChI is InChI=1S/C22H22ClNO3/c23-20-8-4-2-6-18(20)13-17-5-1-3-7-19(17)21(25)24-14-15-9-11-16(12-10-15)22(26)27/h2,4,6,8-12H,1,3,5,7,13-14H2,(H,24,25)(H,26,27). The van der Waals surface area contributed by atoms with Crippen LogP contribution < -0.4 is 5.32 Å². The molecule has 0 fully saturated rings. The molecule has 0 heterocycles. The van der Waals surface area contributed by atoms with Crippen LogP contribution in [0.4, 0.5) is 0 Å². The van der Waals surface area contributed by atoms with Crippen molar-refractivity contribution < 1.29 is 14.7 Å². The number of rotatable bonds is 6. The lowest BCUT2D eigenvalue weighted by Crippen LogP contribution is -2.27. The van der Waals surface area contributed by atoms with Crippen LogP contribution in [0, 0.1) is 0 Å². The van der Waals surface area contributed by atoms with Crippen molar-refractivity contribution in [2.24, 2.45) is 0 Å². The van der Waals surface area contributed by atoms with Gasteiger partial charge in [0.15, 0.2) is 0 Å². The maximum absolute atomic E-state index is 12.7. The highest BCUT2D eigenvalue weighted by Gasteiger charge is 2.19. The molecular weight excluding hydrogens is 362 g/mol. The molecule has 0 spiro atoms. The highest BCUT2D eigenvalue weighted by Crippen LogP contribution is 2.29. The maximum Gasteiger partial charge on any atom is 0.335 e. The zero-order valence-corrected chi connectivity index (χ0v) is 15.8. The summed E-state index contributed by atoms with van der Waals surface area (Å²) in [6.07, 6.45) is 4.51. The Kier molecular flexibility index (Phi) is 6.30. The van der Waals surface area contributed by atoms with E-state index in [-0.39, 0.29) is 11.5 Å². The van der Waals surface area contributed by atoms with E-state index in [0.717, 1.165) is 53.0 Å². The summed E-state index contributed by atoms with van der Waals surface area (Å²) in [5, 5.41) is 12.6. The van der Waals surface area contributed by atoms with Crippen LogP contribution >= 0.6 is 11.6 Å². The predicted molar refractivity (Wildman–Crippen MR) is 106 cm³/mol. The highest BCUT2D eigenvalue weighted by molar-refractivity contribution is 6.31. The lowest BCUT2D eigenvalue weighted by atomic mass is 9.87. The average Bonchev–Trinajstić information content (AvgIpc) is 2.68. The average molecular weight is 384 g/mol. The molecule has 0 unspecified atom stereocenters. The molecule has 0 radical (unpaired) electrons. The second-order valence-electron chi connectivity index (χ2n) is 6.74. The largest absolute Gasteiger partial charge is 0.478 e. The van der Waals surface area contributed by atoms with E-state index in [2.05, 4.69) is 5.32 Å². The second kappa shape index (κ2) is 8.87. The van der Waals surface area contributed by atoms with Crippen LogP contribution in [0.25, 0.3) is 0 Å². The maximum atomic E-state index is 12.7. The Morgan fingerprint density at radius 1 is 1.00 bits per heavy atom. The lowest BCUT2D eigenvalue weighted by molar-refractivity contribution is -0.118. The number of halogens is 1. The van der Waals surface area contributed by atoms with Gasteiger partial charge in [0.2, 0.25) is 5.91 Å². The minimum absolute atomic E-state index is 0.0425. The molecule has 27 heavy (non-hydrogen) atoms. The van der Waals surface area contributed by atoms with Gasteiger partial charge in [-0.25, -0.2) is 4.79 Å². The Balaban J connectivity index is 1.69. The van der Waals surface area contributed by atoms with Gasteiger partial charge in [0, 0.05) is 17.1 Å². The van der Waals surface area contributed by atoms with Crippen molar-refractivity contribution in [3.05, 3.63) is 81.4 Å². The molecule has 3 rings (SSSR count). The van der Waals surface area contributed by atoms with E-state index in [1.807, 2.05) is 24.3 Å². The first kappa shape index (κ1) is 19.2. The first-order valence-electron chi connectivity index (χ1n) is 9.09. The van der Waals surface area contributed by atoms with Crippen LogP contribution in [0.15, 0.2) is 59.7 Å². The molecule has 0 aromatic heterocycles. The van der Waals surface area contributed by atoms with Gasteiger partial charge in [0.1, 0.15) is 0 Å². The quantitative estimate of drug-likeness (QED) is 0.755. The Hall–Kier alpha value is -2.59. The SMILES string of the molecule is O=C(NCc1ccc(C(=O)O)cc1)C1=C(Cc2ccccc2Cl)CCCC1. The molecule has 140 valence electrons. The number of amides is 1. The molecule has 0 aliphatic heterocycles. The minimum atomic E-state index is -0.956. The minimum Gasteiger partial charge on any atom is -0.478 e. The Bertz CT molecular complexity index is 871. The summed E-state index contributed by atoms with van der Waals surface area (Å²) in [6, 6.07) is 14.3. The number of benzene rings is 2. The van der Waals surface area contributed by atoms with Gasteiger partial charge in [-0.05, 0) is 61.4 Å². The van der Waals surface area contributed by atoms with Crippen LogP contribution in [0.5, 0.6) is 0 Å². The van der Waals surface area contributed by atoms with Gasteiger partial charge in [0.25, 0.3) is 0 Å². The van der Waals surface area contributed by atoms with Gasteiger partial charge in [-0.3, -0.25) is 4.79 Å². The lowest BCUT2D eigenvalue weighted by Gasteiger charge is -2.20. The van der Waals surface area contributed by atoms with Gasteiger partial charge in [-0.2, -0.15) is 0 Å². The molecule has 2 N–H and O–H groups in total. The molecule has 2 aromatic carbocycles. The summed E-state index contributed by atoms with van der Waals surface area (Å²) in [5.41, 5.74) is 4.18. The van der Waals surface area contributed by atoms with Crippen molar-refractivity contribution in [3.63, 3.8) is 0 Å². The molecule has 4 nitrogen and oxygen atoms in total. The van der Waals surface area contributed by atoms with Crippen molar-refractivity contribution >= 4 is 23.5 Å². The fraction of sp³-hybridized carbons (Fsp3) is 0.273. The van der Waals surface area contributed by atoms with Gasteiger partial charge in [0.05, 0.1) is 5.56 Å². The van der Waals surface area contributed by atoms with Gasteiger partial charge in [-0.1, -0.05) is 47.5 Å². The molecule has 1 amide bonds. The van der Waals surface area contributed by atoms with E-state index in [1.54, 1.807) is 24.3 Å². The number of hydrogen-bond acceptors (Lipinski definition) is 2. The fourth-order valence-corrected chi connectivity index (χ4v) is 3.57. The van der Waals surface area contributed by atoms with Crippen molar-refractivity contribution in [2.45, 2.75) is 38.6 Å². The summed E-state index contributed by atoms with van der Waals surface area (Å²) in [6.45, 7) is 0.377. The normalized spacial score (nSPS) is 14.1. The summed E-state index contributed by atoms with van der Waals surface area (Å²) in [4.78, 5) is 23.6. The number of carboxylic acid groups (broad SMARTS) is 1. The zero-order valence-electron chi connectivity index (χ0n) is 15.0. The molecule has 1 aliphatic carbocycles. The number of nitrogens with one attached hydrogen (secondary N) is 1. The van der Waals surface area contributed by atoms with Crippen LogP contribution in [-0.4, -0.2) is 17.0 Å². The topological polar surface area (TPSA) is 66.4 Å². The summed E-state index contributed by atoms with van der Waals surface area (Å²) in [7, 11) is 0. The number of hydrogen-bond donors (Lipinski definition) is 2. The zero-order chi connectivity index (χ0) is 19.2. The third kappa shape index (κ3) is 4.98. The molecule has 2 aromatic rings. The monoisotopic (exact) mass is 383 g/mol. The van der Waals surface area contributed by atoms with Gasteiger partial charge >= 0.3 is 5.97 Å². The first-order valence-corrected chi connectivity index (χ1v) is 9.47. The molecular formula is C22H22ClNO3. The highest BCUT2D eigenvalue weighted by atomic mass is 35.5. The van der Waals surface area contributed by atoms with E-state index < -0.39 is 5.97 Å². The van der Waals surface area contributed by atoms with Crippen LogP contribution in [0.1, 0.15) is 47.2 Å². The fourth-order valence-electron chi connectivity index (χ4n) is 3.36. The molecule has 0 atom stereocenters. The van der Waals surface area contributed by atoms with E-state index >= 15 is 0 Å². The van der Waals surface area contributed by atoms with Crippen LogP contribution in [-0.2, 0) is 17.8 Å². The summed E-state index contributed by atoms with van der Waals surface area (Å²) in [5.74, 6) is -0.999. The third-order valence-corrected chi connectivity index (χ3v) is 5.24. The second-order valence-corrected chi connectivity index (χ2v) is 7.15. The molecule has 0 saturated carbocycles. The molecule has 0 saturated heterocycles. The smallest absolute Gasteiger partial charge is 0.335 e. The van der Waals surface area contributed by atoms with E-state index in [0.29, 0.717) is 13.0 Å². The van der Waals surface area contributed by atoms with Gasteiger partial charge < -0.3 is 10.4 Å². The number of carbonyl (C=O) groups is 2. The van der Waals surface area contributed by atoms with E-state index in [1.165, 1.54) is 0 Å². The van der Waals surface area contributed by atoms with E-state index in [9.17, 15) is 9.59 Å². The summed E-state index contributed by atoms with van der Waals surface area (Å²) >= 11 is 6.28. The van der Waals surface area contributed by atoms with Gasteiger partial charge in [-0.15, -0.1) is 0 Å². The van der Waals surface area contributed by atoms with Crippen LogP contribution in [0.3, 0.4) is 0 Å². The summed E-state index contributed by atoms with van der Waals surface area (Å²) < 4.78 is 0. The number of carboxylic acids is 1. The predicted octanol–water partition coefficient (Wildman–Crippen LogP) is 4.77. The Morgan fingerprint density at radius 3 is 2.41 bits per heavy atom. The van der Waals surface area contributed by atoms with Crippen molar-refractivity contribution in [1.29, 1.82) is 0 Å². The number of aromatic carboxylic acids is 1. The Morgan fingerprint density at radius 2 is 1.70 bits per heavy atom. The van der Waals surface area contributed by atoms with Crippen molar-refractivity contribution in [1.82, 2.24) is 5.32 Å². The molecule has 5 heteroatoms. The number of allylic oxidation sites excluding steroid dienone is 1. The van der Waals surface area contributed by atoms with Crippen LogP contribution in [0.2, 0.25) is 5.02 Å². The molecule has 1 aliphatic rings. The van der Waals surface area contributed by atoms with Crippen molar-refractivity contribution in [2.75, 3.05) is 0 Å². The number of carbonyl (C=O) groups excluding carboxylic acids is 1.